The fraction of sp³-hybridized carbons (Fsp3) is 0.696. The van der Waals surface area contributed by atoms with E-state index in [1.807, 2.05) is 0 Å². The molecule has 3 atom stereocenters. The molecule has 2 aromatic rings. The molecule has 3 N–H and O–H groups in total. The van der Waals surface area contributed by atoms with Crippen molar-refractivity contribution in [2.75, 3.05) is 12.1 Å². The summed E-state index contributed by atoms with van der Waals surface area (Å²) >= 11 is 0. The zero-order valence-corrected chi connectivity index (χ0v) is 23.7. The van der Waals surface area contributed by atoms with Gasteiger partial charge in [-0.3, -0.25) is 14.2 Å². The molecule has 37 heavy (non-hydrogen) atoms. The number of hydrogen-bond acceptors (Lipinski definition) is 11. The van der Waals surface area contributed by atoms with Crippen LogP contribution in [0.25, 0.3) is 11.2 Å². The van der Waals surface area contributed by atoms with Crippen LogP contribution in [-0.2, 0) is 39.4 Å². The number of carbonyl (C=O) groups is 2. The van der Waals surface area contributed by atoms with Gasteiger partial charge in [0, 0.05) is 0 Å². The number of ether oxygens (including phenoxy) is 3. The number of nitrogens with two attached hydrogens (primary N) is 1. The van der Waals surface area contributed by atoms with Crippen LogP contribution in [0.5, 0.6) is 0 Å². The molecule has 2 aromatic heterocycles. The van der Waals surface area contributed by atoms with Crippen molar-refractivity contribution >= 4 is 36.4 Å². The molecule has 0 amide bonds. The molecule has 2 rings (SSSR count). The van der Waals surface area contributed by atoms with Crippen molar-refractivity contribution in [2.24, 2.45) is 0 Å². The van der Waals surface area contributed by atoms with Gasteiger partial charge in [-0.05, 0) is 55.4 Å². The summed E-state index contributed by atoms with van der Waals surface area (Å²) in [5, 5.41) is 2.80. The van der Waals surface area contributed by atoms with Crippen molar-refractivity contribution in [3.8, 4) is 0 Å². The van der Waals surface area contributed by atoms with Crippen LogP contribution in [0.2, 0.25) is 0 Å². The number of nitrogens with zero attached hydrogens (tertiary/aromatic N) is 4. The van der Waals surface area contributed by atoms with Gasteiger partial charge in [0.05, 0.1) is 43.7 Å². The van der Waals surface area contributed by atoms with Crippen molar-refractivity contribution in [1.82, 2.24) is 24.6 Å². The number of fused-ring (bicyclic) bond motifs is 1. The predicted octanol–water partition coefficient (Wildman–Crippen LogP) is 3.03. The summed E-state index contributed by atoms with van der Waals surface area (Å²) in [5.74, 6) is -0.830. The summed E-state index contributed by atoms with van der Waals surface area (Å²) < 4.78 is 37.8. The second kappa shape index (κ2) is 12.8. The molecule has 14 heteroatoms. The van der Waals surface area contributed by atoms with Gasteiger partial charge in [-0.25, -0.2) is 20.0 Å². The van der Waals surface area contributed by atoms with Crippen molar-refractivity contribution in [2.45, 2.75) is 98.3 Å². The fourth-order valence-electron chi connectivity index (χ4n) is 3.38. The van der Waals surface area contributed by atoms with Crippen LogP contribution in [0.15, 0.2) is 12.7 Å². The Kier molecular flexibility index (Phi) is 10.6. The summed E-state index contributed by atoms with van der Waals surface area (Å²) in [6, 6.07) is 0. The number of rotatable bonds is 14. The van der Waals surface area contributed by atoms with E-state index < -0.39 is 37.2 Å². The van der Waals surface area contributed by atoms with E-state index in [2.05, 4.69) is 20.0 Å². The van der Waals surface area contributed by atoms with Gasteiger partial charge in [-0.15, -0.1) is 0 Å². The normalized spacial score (nSPS) is 15.5. The van der Waals surface area contributed by atoms with E-state index in [0.29, 0.717) is 17.7 Å². The maximum Gasteiger partial charge on any atom is 0.326 e. The Bertz CT molecular complexity index is 1120. The second-order valence-corrected chi connectivity index (χ2v) is 12.0. The van der Waals surface area contributed by atoms with Crippen LogP contribution in [0, 0.1) is 0 Å². The van der Waals surface area contributed by atoms with Gasteiger partial charge in [-0.1, -0.05) is 0 Å². The van der Waals surface area contributed by atoms with Gasteiger partial charge >= 0.3 is 11.9 Å². The number of esters is 2. The molecule has 0 aliphatic heterocycles. The summed E-state index contributed by atoms with van der Waals surface area (Å²) in [7, 11) is -3.84. The molecule has 0 fully saturated rings. The first kappa shape index (κ1) is 30.6. The van der Waals surface area contributed by atoms with E-state index in [9.17, 15) is 14.2 Å². The Hall–Kier alpha value is -2.60. The lowest BCUT2D eigenvalue weighted by molar-refractivity contribution is -0.154. The van der Waals surface area contributed by atoms with E-state index in [4.69, 9.17) is 24.5 Å². The number of nitrogens with one attached hydrogen (secondary N) is 1. The lowest BCUT2D eigenvalue weighted by Crippen LogP contribution is -2.48. The molecule has 208 valence electrons. The Labute approximate surface area is 217 Å². The van der Waals surface area contributed by atoms with Gasteiger partial charge in [0.25, 0.3) is 7.52 Å². The molecule has 2 heterocycles. The minimum absolute atomic E-state index is 0.127. The second-order valence-electron chi connectivity index (χ2n) is 9.96. The van der Waals surface area contributed by atoms with Crippen LogP contribution in [-0.4, -0.2) is 67.8 Å². The highest BCUT2D eigenvalue weighted by Gasteiger charge is 2.40. The fourth-order valence-corrected chi connectivity index (χ4v) is 5.61. The first-order valence-electron chi connectivity index (χ1n) is 12.1. The predicted molar refractivity (Wildman–Crippen MR) is 138 cm³/mol. The van der Waals surface area contributed by atoms with Crippen molar-refractivity contribution < 1.29 is 32.9 Å². The number of carbonyl (C=O) groups excluding carboxylic acids is 2. The maximum absolute atomic E-state index is 13.9. The largest absolute Gasteiger partial charge is 0.463 e. The van der Waals surface area contributed by atoms with E-state index >= 15 is 0 Å². The molecule has 0 spiro atoms. The first-order chi connectivity index (χ1) is 17.1. The lowest BCUT2D eigenvalue weighted by Gasteiger charge is -2.32. The number of aromatic nitrogens is 4. The molecular formula is C23H39N6O7P. The molecule has 0 saturated heterocycles. The smallest absolute Gasteiger partial charge is 0.326 e. The van der Waals surface area contributed by atoms with Gasteiger partial charge < -0.3 is 29.0 Å². The van der Waals surface area contributed by atoms with Crippen molar-refractivity contribution in [1.29, 1.82) is 0 Å². The van der Waals surface area contributed by atoms with Crippen LogP contribution in [0.1, 0.15) is 61.8 Å². The average Bonchev–Trinajstić information content (AvgIpc) is 3.14. The minimum Gasteiger partial charge on any atom is -0.463 e. The molecular weight excluding hydrogens is 503 g/mol. The molecule has 0 aliphatic carbocycles. The molecule has 0 bridgehead atoms. The topological polar surface area (TPSA) is 170 Å². The lowest BCUT2D eigenvalue weighted by atomic mass is 10.1. The number of anilines is 1. The molecule has 13 nitrogen and oxygen atoms in total. The maximum atomic E-state index is 13.9. The summed E-state index contributed by atoms with van der Waals surface area (Å²) in [6.07, 6.45) is 0.514. The molecule has 0 aliphatic rings. The van der Waals surface area contributed by atoms with Crippen LogP contribution in [0.3, 0.4) is 0 Å². The number of imidazole rings is 1. The van der Waals surface area contributed by atoms with Gasteiger partial charge in [0.2, 0.25) is 0 Å². The van der Waals surface area contributed by atoms with Crippen molar-refractivity contribution in [3.05, 3.63) is 12.7 Å². The summed E-state index contributed by atoms with van der Waals surface area (Å²) in [5.41, 5.74) is 5.49. The minimum atomic E-state index is -3.84. The highest BCUT2D eigenvalue weighted by atomic mass is 31.2. The third kappa shape index (κ3) is 9.33. The summed E-state index contributed by atoms with van der Waals surface area (Å²) in [6.45, 7) is 13.7. The Morgan fingerprint density at radius 3 is 2.32 bits per heavy atom. The van der Waals surface area contributed by atoms with Crippen LogP contribution in [0.4, 0.5) is 5.82 Å². The SMILES string of the molecule is CC(C)OC(=O)C[C@H](C)O[P@@](=O)(CO[C@H](C)Cn1cnc2c(N)ncnc21)NC(C)(C)C(=O)OC(C)C. The molecule has 0 aromatic carbocycles. The number of hydrogen-bond donors (Lipinski definition) is 2. The number of nitrogen functional groups attached to an aromatic ring is 1. The quantitative estimate of drug-likeness (QED) is 0.265. The molecule has 0 unspecified atom stereocenters. The Morgan fingerprint density at radius 2 is 1.70 bits per heavy atom. The van der Waals surface area contributed by atoms with Gasteiger partial charge in [-0.2, -0.15) is 0 Å². The Morgan fingerprint density at radius 1 is 1.05 bits per heavy atom. The summed E-state index contributed by atoms with van der Waals surface area (Å²) in [4.78, 5) is 37.1. The van der Waals surface area contributed by atoms with Gasteiger partial charge in [0.15, 0.2) is 11.5 Å². The zero-order valence-electron chi connectivity index (χ0n) is 22.8. The first-order valence-corrected chi connectivity index (χ1v) is 13.9. The highest BCUT2D eigenvalue weighted by Crippen LogP contribution is 2.47. The van der Waals surface area contributed by atoms with Crippen molar-refractivity contribution in [3.63, 3.8) is 0 Å². The van der Waals surface area contributed by atoms with E-state index in [-0.39, 0.29) is 30.8 Å². The van der Waals surface area contributed by atoms with E-state index in [1.54, 1.807) is 52.4 Å². The standard InChI is InChI=1S/C23H39N6O7P/c1-14(2)34-18(30)9-16(5)36-37(32,28-23(7,8)22(31)35-15(3)4)13-33-17(6)10-29-12-27-19-20(24)25-11-26-21(19)29/h11-12,14-17H,9-10,13H2,1-8H3,(H,28,32)(H2,24,25,26)/t16-,17+,37-/m0/s1. The third-order valence-corrected chi connectivity index (χ3v) is 6.98. The van der Waals surface area contributed by atoms with E-state index in [0.717, 1.165) is 0 Å². The Balaban J connectivity index is 2.15. The average molecular weight is 543 g/mol. The highest BCUT2D eigenvalue weighted by molar-refractivity contribution is 7.56. The third-order valence-electron chi connectivity index (χ3n) is 4.89. The van der Waals surface area contributed by atoms with Gasteiger partial charge in [0.1, 0.15) is 23.7 Å². The molecule has 0 saturated carbocycles. The zero-order chi connectivity index (χ0) is 28.0. The van der Waals surface area contributed by atoms with E-state index in [1.165, 1.54) is 20.2 Å². The molecule has 0 radical (unpaired) electrons. The van der Waals surface area contributed by atoms with Crippen LogP contribution < -0.4 is 10.8 Å². The van der Waals surface area contributed by atoms with Crippen LogP contribution >= 0.6 is 7.52 Å². The monoisotopic (exact) mass is 542 g/mol.